The molecule has 1 unspecified atom stereocenters. The van der Waals surface area contributed by atoms with Gasteiger partial charge in [-0.05, 0) is 39.5 Å². The van der Waals surface area contributed by atoms with Crippen molar-refractivity contribution in [2.45, 2.75) is 51.6 Å². The lowest BCUT2D eigenvalue weighted by Gasteiger charge is -2.32. The van der Waals surface area contributed by atoms with Crippen molar-refractivity contribution in [2.24, 2.45) is 0 Å². The van der Waals surface area contributed by atoms with E-state index < -0.39 is 0 Å². The Kier molecular flexibility index (Phi) is 4.08. The van der Waals surface area contributed by atoms with Crippen LogP contribution in [0.2, 0.25) is 0 Å². The highest BCUT2D eigenvalue weighted by Crippen LogP contribution is 2.32. The number of ether oxygens (including phenoxy) is 1. The molecule has 110 valence electrons. The molecule has 0 spiro atoms. The smallest absolute Gasteiger partial charge is 0.251 e. The van der Waals surface area contributed by atoms with Gasteiger partial charge in [-0.25, -0.2) is 4.98 Å². The second-order valence-corrected chi connectivity index (χ2v) is 7.03. The Labute approximate surface area is 124 Å². The van der Waals surface area contributed by atoms with Gasteiger partial charge in [0.25, 0.3) is 5.91 Å². The summed E-state index contributed by atoms with van der Waals surface area (Å²) in [6.45, 7) is 6.64. The summed E-state index contributed by atoms with van der Waals surface area (Å²) < 4.78 is 5.50. The van der Waals surface area contributed by atoms with E-state index in [1.54, 1.807) is 0 Å². The predicted molar refractivity (Wildman–Crippen MR) is 79.1 cm³/mol. The van der Waals surface area contributed by atoms with Crippen LogP contribution in [0.3, 0.4) is 0 Å². The van der Waals surface area contributed by atoms with E-state index in [2.05, 4.69) is 18.8 Å². The number of hydrogen-bond donors (Lipinski definition) is 0. The van der Waals surface area contributed by atoms with Crippen molar-refractivity contribution in [3.8, 4) is 0 Å². The number of aryl methyl sites for hydroxylation is 2. The summed E-state index contributed by atoms with van der Waals surface area (Å²) in [5.41, 5.74) is 1.16. The van der Waals surface area contributed by atoms with Crippen LogP contribution in [0.25, 0.3) is 0 Å². The van der Waals surface area contributed by atoms with Gasteiger partial charge in [-0.1, -0.05) is 0 Å². The van der Waals surface area contributed by atoms with Crippen molar-refractivity contribution >= 4 is 17.2 Å². The molecule has 0 N–H and O–H groups in total. The highest BCUT2D eigenvalue weighted by Gasteiger charge is 2.31. The van der Waals surface area contributed by atoms with Gasteiger partial charge in [0.2, 0.25) is 0 Å². The predicted octanol–water partition coefficient (Wildman–Crippen LogP) is 2.64. The van der Waals surface area contributed by atoms with E-state index in [-0.39, 0.29) is 12.0 Å². The molecule has 0 bridgehead atoms. The Balaban J connectivity index is 1.57. The molecule has 0 saturated carbocycles. The summed E-state index contributed by atoms with van der Waals surface area (Å²) in [4.78, 5) is 20.3. The molecule has 4 nitrogen and oxygen atoms in total. The molecule has 0 aliphatic carbocycles. The first-order chi connectivity index (χ1) is 9.65. The Bertz CT molecular complexity index is 467. The fourth-order valence-electron chi connectivity index (χ4n) is 3.00. The van der Waals surface area contributed by atoms with Gasteiger partial charge in [0, 0.05) is 30.5 Å². The average Bonchev–Trinajstić information content (AvgIpc) is 3.09. The molecule has 1 aromatic rings. The summed E-state index contributed by atoms with van der Waals surface area (Å²) in [5.74, 6) is 0.730. The van der Waals surface area contributed by atoms with Crippen molar-refractivity contribution in [2.75, 3.05) is 19.7 Å². The van der Waals surface area contributed by atoms with E-state index in [1.807, 2.05) is 16.2 Å². The molecule has 1 amide bonds. The second kappa shape index (κ2) is 5.82. The Morgan fingerprint density at radius 1 is 1.30 bits per heavy atom. The number of amides is 1. The molecular weight excluding hydrogens is 272 g/mol. The third-order valence-corrected chi connectivity index (χ3v) is 5.64. The first-order valence-corrected chi connectivity index (χ1v) is 8.31. The number of rotatable bonds is 2. The Morgan fingerprint density at radius 3 is 2.60 bits per heavy atom. The van der Waals surface area contributed by atoms with Gasteiger partial charge >= 0.3 is 0 Å². The standard InChI is InChI=1S/C15H22N2O2S/c1-10-11(2)20-14(16-10)12-5-7-17(8-6-12)15(18)13-4-3-9-19-13/h12-13H,3-9H2,1-2H3. The molecule has 1 aromatic heterocycles. The normalized spacial score (nSPS) is 24.3. The highest BCUT2D eigenvalue weighted by atomic mass is 32.1. The number of carbonyl (C=O) groups is 1. The lowest BCUT2D eigenvalue weighted by atomic mass is 9.97. The molecule has 3 heterocycles. The maximum atomic E-state index is 12.3. The summed E-state index contributed by atoms with van der Waals surface area (Å²) in [5, 5.41) is 1.25. The van der Waals surface area contributed by atoms with E-state index in [0.29, 0.717) is 5.92 Å². The number of thiazole rings is 1. The van der Waals surface area contributed by atoms with Crippen LogP contribution < -0.4 is 0 Å². The molecule has 0 radical (unpaired) electrons. The number of carbonyl (C=O) groups excluding carboxylic acids is 1. The van der Waals surface area contributed by atoms with Crippen molar-refractivity contribution in [1.29, 1.82) is 0 Å². The summed E-state index contributed by atoms with van der Waals surface area (Å²) in [7, 11) is 0. The van der Waals surface area contributed by atoms with Crippen LogP contribution in [-0.4, -0.2) is 41.6 Å². The largest absolute Gasteiger partial charge is 0.368 e. The number of piperidine rings is 1. The van der Waals surface area contributed by atoms with Gasteiger partial charge in [-0.2, -0.15) is 0 Å². The first-order valence-electron chi connectivity index (χ1n) is 7.49. The fourth-order valence-corrected chi connectivity index (χ4v) is 4.09. The van der Waals surface area contributed by atoms with Crippen LogP contribution >= 0.6 is 11.3 Å². The minimum absolute atomic E-state index is 0.170. The van der Waals surface area contributed by atoms with Crippen LogP contribution in [-0.2, 0) is 9.53 Å². The Morgan fingerprint density at radius 2 is 2.05 bits per heavy atom. The maximum Gasteiger partial charge on any atom is 0.251 e. The molecular formula is C15H22N2O2S. The monoisotopic (exact) mass is 294 g/mol. The van der Waals surface area contributed by atoms with Crippen LogP contribution in [0.1, 0.15) is 47.2 Å². The van der Waals surface area contributed by atoms with Crippen LogP contribution in [0.15, 0.2) is 0 Å². The summed E-state index contributed by atoms with van der Waals surface area (Å²) in [6.07, 6.45) is 3.81. The number of hydrogen-bond acceptors (Lipinski definition) is 4. The van der Waals surface area contributed by atoms with Gasteiger partial charge in [0.15, 0.2) is 0 Å². The second-order valence-electron chi connectivity index (χ2n) is 5.79. The average molecular weight is 294 g/mol. The van der Waals surface area contributed by atoms with E-state index in [1.165, 1.54) is 9.88 Å². The van der Waals surface area contributed by atoms with Crippen molar-refractivity contribution < 1.29 is 9.53 Å². The van der Waals surface area contributed by atoms with E-state index >= 15 is 0 Å². The quantitative estimate of drug-likeness (QED) is 0.842. The van der Waals surface area contributed by atoms with E-state index in [0.717, 1.165) is 51.1 Å². The molecule has 2 aliphatic heterocycles. The lowest BCUT2D eigenvalue weighted by Crippen LogP contribution is -2.43. The summed E-state index contributed by atoms with van der Waals surface area (Å²) >= 11 is 1.82. The molecule has 0 aromatic carbocycles. The van der Waals surface area contributed by atoms with Crippen LogP contribution in [0, 0.1) is 13.8 Å². The van der Waals surface area contributed by atoms with E-state index in [9.17, 15) is 4.79 Å². The fraction of sp³-hybridized carbons (Fsp3) is 0.733. The van der Waals surface area contributed by atoms with Crippen LogP contribution in [0.5, 0.6) is 0 Å². The highest BCUT2D eigenvalue weighted by molar-refractivity contribution is 7.11. The third kappa shape index (κ3) is 2.74. The molecule has 2 fully saturated rings. The van der Waals surface area contributed by atoms with Gasteiger partial charge in [0.1, 0.15) is 6.10 Å². The summed E-state index contributed by atoms with van der Waals surface area (Å²) in [6, 6.07) is 0. The lowest BCUT2D eigenvalue weighted by molar-refractivity contribution is -0.142. The van der Waals surface area contributed by atoms with Crippen molar-refractivity contribution in [3.05, 3.63) is 15.6 Å². The molecule has 5 heteroatoms. The van der Waals surface area contributed by atoms with Crippen LogP contribution in [0.4, 0.5) is 0 Å². The minimum atomic E-state index is -0.170. The maximum absolute atomic E-state index is 12.3. The molecule has 2 aliphatic rings. The number of likely N-dealkylation sites (tertiary alicyclic amines) is 1. The third-order valence-electron chi connectivity index (χ3n) is 4.41. The number of nitrogens with zero attached hydrogens (tertiary/aromatic N) is 2. The zero-order valence-corrected chi connectivity index (χ0v) is 13.0. The van der Waals surface area contributed by atoms with Gasteiger partial charge in [-0.3, -0.25) is 4.79 Å². The molecule has 1 atom stereocenters. The molecule has 3 rings (SSSR count). The zero-order chi connectivity index (χ0) is 14.1. The van der Waals surface area contributed by atoms with E-state index in [4.69, 9.17) is 4.74 Å². The molecule has 2 saturated heterocycles. The minimum Gasteiger partial charge on any atom is -0.368 e. The van der Waals surface area contributed by atoms with Crippen molar-refractivity contribution in [3.63, 3.8) is 0 Å². The van der Waals surface area contributed by atoms with Crippen molar-refractivity contribution in [1.82, 2.24) is 9.88 Å². The Hall–Kier alpha value is -0.940. The topological polar surface area (TPSA) is 42.4 Å². The van der Waals surface area contributed by atoms with Gasteiger partial charge in [-0.15, -0.1) is 11.3 Å². The molecule has 20 heavy (non-hydrogen) atoms. The van der Waals surface area contributed by atoms with Gasteiger partial charge in [0.05, 0.1) is 10.7 Å². The zero-order valence-electron chi connectivity index (χ0n) is 12.2. The van der Waals surface area contributed by atoms with Gasteiger partial charge < -0.3 is 9.64 Å². The number of aromatic nitrogens is 1. The SMILES string of the molecule is Cc1nc(C2CCN(C(=O)C3CCCO3)CC2)sc1C. The first kappa shape index (κ1) is 14.0.